The number of para-hydroxylation sites is 1. The Morgan fingerprint density at radius 1 is 1.03 bits per heavy atom. The smallest absolute Gasteiger partial charge is 0.270 e. The van der Waals surface area contributed by atoms with Gasteiger partial charge in [-0.25, -0.2) is 9.97 Å². The van der Waals surface area contributed by atoms with Crippen molar-refractivity contribution in [1.29, 1.82) is 0 Å². The first kappa shape index (κ1) is 20.3. The molecule has 0 bridgehead atoms. The minimum Gasteiger partial charge on any atom is -0.496 e. The molecule has 0 aliphatic carbocycles. The van der Waals surface area contributed by atoms with Gasteiger partial charge in [0.1, 0.15) is 11.4 Å². The van der Waals surface area contributed by atoms with Gasteiger partial charge in [-0.2, -0.15) is 0 Å². The van der Waals surface area contributed by atoms with E-state index >= 15 is 0 Å². The Morgan fingerprint density at radius 3 is 2.66 bits per heavy atom. The summed E-state index contributed by atoms with van der Waals surface area (Å²) in [4.78, 5) is 21.3. The molecular formula is C23H26N4O2. The Bertz CT molecular complexity index is 988. The number of hydrogen-bond acceptors (Lipinski definition) is 5. The zero-order valence-electron chi connectivity index (χ0n) is 17.0. The molecule has 0 aliphatic rings. The Morgan fingerprint density at radius 2 is 1.86 bits per heavy atom. The second kappa shape index (κ2) is 9.68. The van der Waals surface area contributed by atoms with Crippen molar-refractivity contribution in [3.05, 3.63) is 82.7 Å². The average molecular weight is 390 g/mol. The largest absolute Gasteiger partial charge is 0.496 e. The lowest BCUT2D eigenvalue weighted by atomic mass is 10.1. The minimum absolute atomic E-state index is 0.219. The maximum Gasteiger partial charge on any atom is 0.270 e. The van der Waals surface area contributed by atoms with Crippen molar-refractivity contribution < 1.29 is 9.53 Å². The van der Waals surface area contributed by atoms with E-state index in [0.717, 1.165) is 22.6 Å². The molecule has 0 spiro atoms. The quantitative estimate of drug-likeness (QED) is 0.614. The number of benzene rings is 2. The monoisotopic (exact) mass is 390 g/mol. The fourth-order valence-corrected chi connectivity index (χ4v) is 3.08. The highest BCUT2D eigenvalue weighted by atomic mass is 16.5. The molecule has 150 valence electrons. The van der Waals surface area contributed by atoms with E-state index in [2.05, 4.69) is 39.7 Å². The molecule has 1 heterocycles. The van der Waals surface area contributed by atoms with E-state index in [1.165, 1.54) is 5.56 Å². The third-order valence-corrected chi connectivity index (χ3v) is 4.49. The van der Waals surface area contributed by atoms with Crippen molar-refractivity contribution in [2.45, 2.75) is 26.8 Å². The highest BCUT2D eigenvalue weighted by Crippen LogP contribution is 2.17. The third-order valence-electron chi connectivity index (χ3n) is 4.49. The average Bonchev–Trinajstić information content (AvgIpc) is 2.72. The summed E-state index contributed by atoms with van der Waals surface area (Å²) in [7, 11) is 1.65. The summed E-state index contributed by atoms with van der Waals surface area (Å²) in [5.74, 6) is 1.05. The highest BCUT2D eigenvalue weighted by Gasteiger charge is 2.11. The lowest BCUT2D eigenvalue weighted by molar-refractivity contribution is 0.0949. The normalized spacial score (nSPS) is 10.4. The first-order chi connectivity index (χ1) is 14.0. The van der Waals surface area contributed by atoms with Gasteiger partial charge >= 0.3 is 0 Å². The van der Waals surface area contributed by atoms with Crippen molar-refractivity contribution in [1.82, 2.24) is 15.3 Å². The summed E-state index contributed by atoms with van der Waals surface area (Å²) in [6.45, 7) is 5.00. The van der Waals surface area contributed by atoms with Crippen LogP contribution in [0, 0.1) is 13.8 Å². The van der Waals surface area contributed by atoms with Crippen molar-refractivity contribution in [2.75, 3.05) is 19.0 Å². The number of carbonyl (C=O) groups excluding carboxylic acids is 1. The van der Waals surface area contributed by atoms with Gasteiger partial charge in [0.05, 0.1) is 7.11 Å². The van der Waals surface area contributed by atoms with Crippen molar-refractivity contribution in [2.24, 2.45) is 0 Å². The van der Waals surface area contributed by atoms with Gasteiger partial charge in [0.2, 0.25) is 5.95 Å². The maximum absolute atomic E-state index is 12.6. The van der Waals surface area contributed by atoms with Gasteiger partial charge in [0, 0.05) is 18.8 Å². The van der Waals surface area contributed by atoms with Gasteiger partial charge in [-0.3, -0.25) is 4.79 Å². The van der Waals surface area contributed by atoms with Gasteiger partial charge in [-0.05, 0) is 43.5 Å². The number of aromatic nitrogens is 2. The summed E-state index contributed by atoms with van der Waals surface area (Å²) in [6, 6.07) is 17.7. The number of ether oxygens (including phenoxy) is 1. The highest BCUT2D eigenvalue weighted by molar-refractivity contribution is 5.92. The molecule has 2 N–H and O–H groups in total. The summed E-state index contributed by atoms with van der Waals surface area (Å²) in [5, 5.41) is 6.12. The number of methoxy groups -OCH3 is 1. The molecule has 3 rings (SSSR count). The maximum atomic E-state index is 12.6. The van der Waals surface area contributed by atoms with Crippen LogP contribution in [0.3, 0.4) is 0 Å². The first-order valence-electron chi connectivity index (χ1n) is 9.60. The van der Waals surface area contributed by atoms with Crippen LogP contribution in [0.4, 0.5) is 5.95 Å². The fraction of sp³-hybridized carbons (Fsp3) is 0.261. The van der Waals surface area contributed by atoms with Crippen LogP contribution in [0.5, 0.6) is 5.75 Å². The number of hydrogen-bond donors (Lipinski definition) is 2. The molecule has 0 aliphatic heterocycles. The van der Waals surface area contributed by atoms with Crippen molar-refractivity contribution in [3.8, 4) is 5.75 Å². The Hall–Kier alpha value is -3.41. The number of amides is 1. The van der Waals surface area contributed by atoms with E-state index in [9.17, 15) is 4.79 Å². The molecule has 6 heteroatoms. The van der Waals surface area contributed by atoms with Gasteiger partial charge < -0.3 is 15.4 Å². The molecule has 1 amide bonds. The van der Waals surface area contributed by atoms with Crippen LogP contribution in [-0.2, 0) is 13.0 Å². The van der Waals surface area contributed by atoms with Crippen LogP contribution < -0.4 is 15.4 Å². The van der Waals surface area contributed by atoms with E-state index in [4.69, 9.17) is 4.74 Å². The molecule has 0 atom stereocenters. The van der Waals surface area contributed by atoms with Crippen LogP contribution in [0.2, 0.25) is 0 Å². The Kier molecular flexibility index (Phi) is 6.79. The van der Waals surface area contributed by atoms with E-state index in [1.54, 1.807) is 13.2 Å². The Balaban J connectivity index is 1.60. The molecule has 0 saturated heterocycles. The second-order valence-corrected chi connectivity index (χ2v) is 6.88. The minimum atomic E-state index is -0.219. The van der Waals surface area contributed by atoms with E-state index in [1.807, 2.05) is 43.3 Å². The molecule has 0 fully saturated rings. The van der Waals surface area contributed by atoms with E-state index in [-0.39, 0.29) is 5.91 Å². The number of nitrogens with one attached hydrogen (secondary N) is 2. The number of anilines is 1. The van der Waals surface area contributed by atoms with Crippen LogP contribution in [0.25, 0.3) is 0 Å². The van der Waals surface area contributed by atoms with Crippen LogP contribution in [-0.4, -0.2) is 29.5 Å². The molecular weight excluding hydrogens is 364 g/mol. The SMILES string of the molecule is COc1ccccc1CCNC(=O)c1cc(C)nc(NCc2cccc(C)c2)n1. The summed E-state index contributed by atoms with van der Waals surface area (Å²) in [5.41, 5.74) is 4.48. The molecule has 0 radical (unpaired) electrons. The van der Waals surface area contributed by atoms with E-state index < -0.39 is 0 Å². The predicted octanol–water partition coefficient (Wildman–Crippen LogP) is 3.69. The Labute approximate surface area is 171 Å². The second-order valence-electron chi connectivity index (χ2n) is 6.88. The summed E-state index contributed by atoms with van der Waals surface area (Å²) in [6.07, 6.45) is 0.679. The first-order valence-corrected chi connectivity index (χ1v) is 9.60. The van der Waals surface area contributed by atoms with Crippen LogP contribution in [0.15, 0.2) is 54.6 Å². The van der Waals surface area contributed by atoms with Crippen LogP contribution >= 0.6 is 0 Å². The lowest BCUT2D eigenvalue weighted by Crippen LogP contribution is -2.27. The fourth-order valence-electron chi connectivity index (χ4n) is 3.08. The molecule has 1 aromatic heterocycles. The predicted molar refractivity (Wildman–Crippen MR) is 114 cm³/mol. The van der Waals surface area contributed by atoms with Crippen molar-refractivity contribution in [3.63, 3.8) is 0 Å². The molecule has 0 unspecified atom stereocenters. The van der Waals surface area contributed by atoms with Gasteiger partial charge in [0.15, 0.2) is 0 Å². The third kappa shape index (κ3) is 5.78. The van der Waals surface area contributed by atoms with Crippen LogP contribution in [0.1, 0.15) is 32.9 Å². The number of nitrogens with zero attached hydrogens (tertiary/aromatic N) is 2. The molecule has 3 aromatic rings. The summed E-state index contributed by atoms with van der Waals surface area (Å²) < 4.78 is 5.35. The molecule has 0 saturated carbocycles. The van der Waals surface area contributed by atoms with E-state index in [0.29, 0.717) is 31.2 Å². The molecule has 6 nitrogen and oxygen atoms in total. The van der Waals surface area contributed by atoms with Crippen molar-refractivity contribution >= 4 is 11.9 Å². The number of carbonyl (C=O) groups is 1. The topological polar surface area (TPSA) is 76.1 Å². The number of rotatable bonds is 8. The molecule has 29 heavy (non-hydrogen) atoms. The lowest BCUT2D eigenvalue weighted by Gasteiger charge is -2.10. The zero-order valence-corrected chi connectivity index (χ0v) is 17.0. The zero-order chi connectivity index (χ0) is 20.6. The van der Waals surface area contributed by atoms with Gasteiger partial charge in [-0.1, -0.05) is 48.0 Å². The molecule has 2 aromatic carbocycles. The van der Waals surface area contributed by atoms with Gasteiger partial charge in [-0.15, -0.1) is 0 Å². The summed E-state index contributed by atoms with van der Waals surface area (Å²) >= 11 is 0. The number of aryl methyl sites for hydroxylation is 2. The standard InChI is InChI=1S/C23H26N4O2/c1-16-7-6-8-18(13-16)15-25-23-26-17(2)14-20(27-23)22(28)24-12-11-19-9-4-5-10-21(19)29-3/h4-10,13-14H,11-12,15H2,1-3H3,(H,24,28)(H,25,26,27). The van der Waals surface area contributed by atoms with Gasteiger partial charge in [0.25, 0.3) is 5.91 Å².